The molecule has 4 rings (SSSR count). The number of hydrogen-bond acceptors (Lipinski definition) is 2. The largest absolute Gasteiger partial charge is 0.477 e. The van der Waals surface area contributed by atoms with Gasteiger partial charge in [-0.05, 0) is 37.1 Å². The van der Waals surface area contributed by atoms with Gasteiger partial charge in [0.15, 0.2) is 0 Å². The second kappa shape index (κ2) is 3.34. The summed E-state index contributed by atoms with van der Waals surface area (Å²) in [6.45, 7) is 1.76. The first kappa shape index (κ1) is 10.1. The van der Waals surface area contributed by atoms with E-state index < -0.39 is 0 Å². The van der Waals surface area contributed by atoms with E-state index in [4.69, 9.17) is 4.74 Å². The molecule has 0 saturated heterocycles. The quantitative estimate of drug-likeness (QED) is 0.771. The van der Waals surface area contributed by atoms with Crippen LogP contribution in [0.3, 0.4) is 0 Å². The van der Waals surface area contributed by atoms with Crippen LogP contribution in [0.15, 0.2) is 30.3 Å². The van der Waals surface area contributed by atoms with Crippen molar-refractivity contribution in [2.45, 2.75) is 19.4 Å². The molecule has 2 heterocycles. The number of benzene rings is 1. The lowest BCUT2D eigenvalue weighted by Crippen LogP contribution is -2.26. The first-order valence-electron chi connectivity index (χ1n) is 6.21. The van der Waals surface area contributed by atoms with Crippen molar-refractivity contribution in [3.8, 4) is 17.1 Å². The third-order valence-corrected chi connectivity index (χ3v) is 3.85. The van der Waals surface area contributed by atoms with Crippen molar-refractivity contribution in [2.24, 2.45) is 5.41 Å². The van der Waals surface area contributed by atoms with Gasteiger partial charge in [-0.15, -0.1) is 0 Å². The summed E-state index contributed by atoms with van der Waals surface area (Å²) in [7, 11) is 0. The highest BCUT2D eigenvalue weighted by Gasteiger charge is 2.47. The van der Waals surface area contributed by atoms with E-state index in [-0.39, 0.29) is 5.82 Å². The highest BCUT2D eigenvalue weighted by atomic mass is 19.1. The molecule has 0 amide bonds. The predicted molar refractivity (Wildman–Crippen MR) is 64.8 cm³/mol. The molecule has 1 aliphatic heterocycles. The first-order chi connectivity index (χ1) is 8.74. The van der Waals surface area contributed by atoms with Crippen molar-refractivity contribution in [2.75, 3.05) is 6.61 Å². The fraction of sp³-hybridized carbons (Fsp3) is 0.357. The Morgan fingerprint density at radius 1 is 1.22 bits per heavy atom. The fourth-order valence-corrected chi connectivity index (χ4v) is 2.46. The Bertz CT molecular complexity index is 599. The van der Waals surface area contributed by atoms with Crippen LogP contribution in [0.5, 0.6) is 5.88 Å². The molecule has 0 unspecified atom stereocenters. The summed E-state index contributed by atoms with van der Waals surface area (Å²) < 4.78 is 20.6. The zero-order valence-electron chi connectivity index (χ0n) is 9.90. The van der Waals surface area contributed by atoms with Crippen LogP contribution < -0.4 is 4.74 Å². The van der Waals surface area contributed by atoms with Gasteiger partial charge in [0.05, 0.1) is 18.8 Å². The Hall–Kier alpha value is -1.84. The van der Waals surface area contributed by atoms with Crippen LogP contribution in [0.2, 0.25) is 0 Å². The molecular weight excluding hydrogens is 231 g/mol. The van der Waals surface area contributed by atoms with Gasteiger partial charge in [-0.25, -0.2) is 9.07 Å². The normalized spacial score (nSPS) is 19.4. The van der Waals surface area contributed by atoms with E-state index in [1.54, 1.807) is 12.1 Å². The van der Waals surface area contributed by atoms with Gasteiger partial charge >= 0.3 is 0 Å². The zero-order chi connectivity index (χ0) is 12.2. The van der Waals surface area contributed by atoms with E-state index in [1.807, 2.05) is 10.7 Å². The van der Waals surface area contributed by atoms with Gasteiger partial charge < -0.3 is 4.74 Å². The Labute approximate surface area is 104 Å². The Balaban J connectivity index is 1.71. The highest BCUT2D eigenvalue weighted by molar-refractivity contribution is 5.60. The molecular formula is C14H13FN2O. The lowest BCUT2D eigenvalue weighted by molar-refractivity contribution is 0.149. The molecule has 1 saturated carbocycles. The summed E-state index contributed by atoms with van der Waals surface area (Å²) in [6, 6.07) is 8.34. The lowest BCUT2D eigenvalue weighted by atomic mass is 10.1. The van der Waals surface area contributed by atoms with Gasteiger partial charge in [-0.2, -0.15) is 5.10 Å². The zero-order valence-corrected chi connectivity index (χ0v) is 9.90. The minimum absolute atomic E-state index is 0.226. The number of nitrogens with zero attached hydrogens (tertiary/aromatic N) is 2. The SMILES string of the molecule is Fc1ccc(-c2cc3n(n2)CC2(CC2)CO3)cc1. The van der Waals surface area contributed by atoms with Crippen molar-refractivity contribution in [1.82, 2.24) is 9.78 Å². The topological polar surface area (TPSA) is 27.1 Å². The maximum atomic E-state index is 12.9. The van der Waals surface area contributed by atoms with Crippen molar-refractivity contribution in [3.63, 3.8) is 0 Å². The van der Waals surface area contributed by atoms with Crippen LogP contribution in [0.25, 0.3) is 11.3 Å². The van der Waals surface area contributed by atoms with Gasteiger partial charge in [0.2, 0.25) is 5.88 Å². The fourth-order valence-electron chi connectivity index (χ4n) is 2.46. The summed E-state index contributed by atoms with van der Waals surface area (Å²) in [4.78, 5) is 0. The summed E-state index contributed by atoms with van der Waals surface area (Å²) in [5.41, 5.74) is 2.12. The average molecular weight is 244 g/mol. The van der Waals surface area contributed by atoms with Gasteiger partial charge in [0.1, 0.15) is 5.82 Å². The summed E-state index contributed by atoms with van der Waals surface area (Å²) in [6.07, 6.45) is 2.47. The lowest BCUT2D eigenvalue weighted by Gasteiger charge is -2.22. The molecule has 1 aromatic heterocycles. The average Bonchev–Trinajstić information content (AvgIpc) is 2.99. The van der Waals surface area contributed by atoms with Crippen molar-refractivity contribution < 1.29 is 9.13 Å². The molecule has 2 aromatic rings. The van der Waals surface area contributed by atoms with Crippen molar-refractivity contribution in [3.05, 3.63) is 36.1 Å². The minimum Gasteiger partial charge on any atom is -0.477 e. The summed E-state index contributed by atoms with van der Waals surface area (Å²) in [5, 5.41) is 4.56. The van der Waals surface area contributed by atoms with Crippen molar-refractivity contribution in [1.29, 1.82) is 0 Å². The molecule has 1 spiro atoms. The number of halogens is 1. The Morgan fingerprint density at radius 3 is 2.72 bits per heavy atom. The molecule has 1 aliphatic carbocycles. The Morgan fingerprint density at radius 2 is 2.00 bits per heavy atom. The van der Waals surface area contributed by atoms with Gasteiger partial charge in [-0.1, -0.05) is 0 Å². The van der Waals surface area contributed by atoms with Crippen LogP contribution in [0.1, 0.15) is 12.8 Å². The number of aromatic nitrogens is 2. The van der Waals surface area contributed by atoms with Gasteiger partial charge in [0, 0.05) is 17.0 Å². The molecule has 1 fully saturated rings. The molecule has 0 bridgehead atoms. The molecule has 2 aliphatic rings. The smallest absolute Gasteiger partial charge is 0.212 e. The first-order valence-corrected chi connectivity index (χ1v) is 6.21. The maximum Gasteiger partial charge on any atom is 0.212 e. The van der Waals surface area contributed by atoms with Crippen LogP contribution in [0.4, 0.5) is 4.39 Å². The van der Waals surface area contributed by atoms with Crippen LogP contribution in [-0.4, -0.2) is 16.4 Å². The molecule has 0 N–H and O–H groups in total. The number of ether oxygens (including phenoxy) is 1. The van der Waals surface area contributed by atoms with E-state index in [9.17, 15) is 4.39 Å². The second-order valence-electron chi connectivity index (χ2n) is 5.32. The molecule has 92 valence electrons. The van der Waals surface area contributed by atoms with E-state index in [0.29, 0.717) is 5.41 Å². The van der Waals surface area contributed by atoms with Crippen LogP contribution >= 0.6 is 0 Å². The maximum absolute atomic E-state index is 12.9. The molecule has 0 radical (unpaired) electrons. The second-order valence-corrected chi connectivity index (χ2v) is 5.32. The molecule has 1 aromatic carbocycles. The molecule has 3 nitrogen and oxygen atoms in total. The van der Waals surface area contributed by atoms with E-state index in [1.165, 1.54) is 25.0 Å². The summed E-state index contributed by atoms with van der Waals surface area (Å²) in [5.74, 6) is 0.600. The van der Waals surface area contributed by atoms with E-state index in [0.717, 1.165) is 30.3 Å². The molecule has 0 atom stereocenters. The number of rotatable bonds is 1. The third kappa shape index (κ3) is 1.52. The van der Waals surface area contributed by atoms with E-state index in [2.05, 4.69) is 5.10 Å². The van der Waals surface area contributed by atoms with Crippen LogP contribution in [-0.2, 0) is 6.54 Å². The van der Waals surface area contributed by atoms with E-state index >= 15 is 0 Å². The van der Waals surface area contributed by atoms with Crippen molar-refractivity contribution >= 4 is 0 Å². The highest BCUT2D eigenvalue weighted by Crippen LogP contribution is 2.50. The standard InChI is InChI=1S/C14H13FN2O/c15-11-3-1-10(2-4-11)12-7-13-17(16-12)8-14(5-6-14)9-18-13/h1-4,7H,5-6,8-9H2. The molecule has 4 heteroatoms. The minimum atomic E-state index is -0.226. The van der Waals surface area contributed by atoms with Gasteiger partial charge in [0.25, 0.3) is 0 Å². The molecule has 18 heavy (non-hydrogen) atoms. The Kier molecular flexibility index (Phi) is 1.88. The predicted octanol–water partition coefficient (Wildman–Crippen LogP) is 2.86. The monoisotopic (exact) mass is 244 g/mol. The summed E-state index contributed by atoms with van der Waals surface area (Å²) >= 11 is 0. The van der Waals surface area contributed by atoms with Gasteiger partial charge in [-0.3, -0.25) is 0 Å². The number of fused-ring (bicyclic) bond motifs is 1. The number of hydrogen-bond donors (Lipinski definition) is 0. The third-order valence-electron chi connectivity index (χ3n) is 3.85. The van der Waals surface area contributed by atoms with Crippen LogP contribution in [0, 0.1) is 11.2 Å².